The number of fused-ring (bicyclic) bond motifs is 1. The molecule has 1 aromatic rings. The maximum atomic E-state index is 12.8. The van der Waals surface area contributed by atoms with Gasteiger partial charge in [-0.15, -0.1) is 11.3 Å². The minimum absolute atomic E-state index is 0.0972. The van der Waals surface area contributed by atoms with Gasteiger partial charge in [0.05, 0.1) is 0 Å². The third-order valence-electron chi connectivity index (χ3n) is 2.02. The SMILES string of the molecule is Cc1scc2c1C(=O)C(F)(F)C2=O. The summed E-state index contributed by atoms with van der Waals surface area (Å²) in [6.45, 7) is 1.55. The first-order valence-electron chi connectivity index (χ1n) is 3.51. The van der Waals surface area contributed by atoms with E-state index in [1.807, 2.05) is 0 Å². The average Bonchev–Trinajstić information content (AvgIpc) is 2.50. The molecule has 0 spiro atoms. The fourth-order valence-electron chi connectivity index (χ4n) is 1.33. The molecule has 0 fully saturated rings. The summed E-state index contributed by atoms with van der Waals surface area (Å²) in [4.78, 5) is 22.5. The van der Waals surface area contributed by atoms with Crippen LogP contribution >= 0.6 is 11.3 Å². The number of carbonyl (C=O) groups is 2. The number of ketones is 2. The number of Topliss-reactive ketones (excluding diaryl/α,β-unsaturated/α-hetero) is 2. The molecule has 0 aromatic carbocycles. The molecule has 68 valence electrons. The number of rotatable bonds is 0. The van der Waals surface area contributed by atoms with Crippen LogP contribution < -0.4 is 0 Å². The largest absolute Gasteiger partial charge is 0.371 e. The van der Waals surface area contributed by atoms with Gasteiger partial charge < -0.3 is 0 Å². The van der Waals surface area contributed by atoms with Gasteiger partial charge in [0.25, 0.3) is 0 Å². The smallest absolute Gasteiger partial charge is 0.287 e. The van der Waals surface area contributed by atoms with Crippen molar-refractivity contribution >= 4 is 22.9 Å². The normalized spacial score (nSPS) is 19.3. The van der Waals surface area contributed by atoms with Gasteiger partial charge >= 0.3 is 5.92 Å². The zero-order valence-electron chi connectivity index (χ0n) is 6.56. The highest BCUT2D eigenvalue weighted by atomic mass is 32.1. The highest BCUT2D eigenvalue weighted by Crippen LogP contribution is 2.38. The summed E-state index contributed by atoms with van der Waals surface area (Å²) >= 11 is 1.14. The Labute approximate surface area is 76.2 Å². The Morgan fingerprint density at radius 2 is 1.92 bits per heavy atom. The van der Waals surface area contributed by atoms with Crippen molar-refractivity contribution in [3.63, 3.8) is 0 Å². The molecule has 0 bridgehead atoms. The van der Waals surface area contributed by atoms with Crippen LogP contribution in [0.1, 0.15) is 25.6 Å². The van der Waals surface area contributed by atoms with Crippen LogP contribution in [0.4, 0.5) is 8.78 Å². The first kappa shape index (κ1) is 8.50. The van der Waals surface area contributed by atoms with E-state index in [9.17, 15) is 18.4 Å². The van der Waals surface area contributed by atoms with Crippen molar-refractivity contribution in [1.29, 1.82) is 0 Å². The Kier molecular flexibility index (Phi) is 1.46. The van der Waals surface area contributed by atoms with Crippen LogP contribution in [0.15, 0.2) is 5.38 Å². The zero-order valence-corrected chi connectivity index (χ0v) is 7.37. The van der Waals surface area contributed by atoms with E-state index in [4.69, 9.17) is 0 Å². The molecule has 0 N–H and O–H groups in total. The van der Waals surface area contributed by atoms with E-state index in [1.165, 1.54) is 5.38 Å². The lowest BCUT2D eigenvalue weighted by molar-refractivity contribution is 0.0188. The molecule has 13 heavy (non-hydrogen) atoms. The number of carbonyl (C=O) groups excluding carboxylic acids is 2. The zero-order chi connectivity index (χ0) is 9.80. The Balaban J connectivity index is 2.73. The quantitative estimate of drug-likeness (QED) is 0.603. The number of thiophene rings is 1. The summed E-state index contributed by atoms with van der Waals surface area (Å²) in [6.07, 6.45) is 0. The first-order valence-corrected chi connectivity index (χ1v) is 4.39. The summed E-state index contributed by atoms with van der Waals surface area (Å²) in [6, 6.07) is 0. The predicted molar refractivity (Wildman–Crippen MR) is 42.7 cm³/mol. The predicted octanol–water partition coefficient (Wildman–Crippen LogP) is 2.07. The van der Waals surface area contributed by atoms with Gasteiger partial charge in [-0.3, -0.25) is 9.59 Å². The summed E-state index contributed by atoms with van der Waals surface area (Å²) in [7, 11) is 0. The van der Waals surface area contributed by atoms with Crippen LogP contribution in [0, 0.1) is 6.92 Å². The van der Waals surface area contributed by atoms with Crippen molar-refractivity contribution in [2.75, 3.05) is 0 Å². The second-order valence-corrected chi connectivity index (χ2v) is 3.90. The fourth-order valence-corrected chi connectivity index (χ4v) is 2.17. The molecule has 2 nitrogen and oxygen atoms in total. The standard InChI is InChI=1S/C8H4F2O2S/c1-3-5-4(2-13-3)6(11)8(9,10)7(5)12/h2H,1H3. The van der Waals surface area contributed by atoms with Gasteiger partial charge in [0.1, 0.15) is 0 Å². The Hall–Kier alpha value is -1.10. The number of aryl methyl sites for hydroxylation is 1. The third kappa shape index (κ3) is 0.848. The highest BCUT2D eigenvalue weighted by Gasteiger charge is 2.56. The molecular formula is C8H4F2O2S. The molecule has 1 aliphatic carbocycles. The number of halogens is 2. The molecule has 0 aliphatic heterocycles. The van der Waals surface area contributed by atoms with Gasteiger partial charge in [0.15, 0.2) is 0 Å². The molecule has 0 saturated heterocycles. The minimum Gasteiger partial charge on any atom is -0.287 e. The Morgan fingerprint density at radius 1 is 1.31 bits per heavy atom. The second-order valence-electron chi connectivity index (χ2n) is 2.81. The molecule has 1 heterocycles. The van der Waals surface area contributed by atoms with Gasteiger partial charge in [-0.25, -0.2) is 0 Å². The maximum absolute atomic E-state index is 12.8. The van der Waals surface area contributed by atoms with E-state index < -0.39 is 17.5 Å². The molecule has 0 atom stereocenters. The van der Waals surface area contributed by atoms with E-state index >= 15 is 0 Å². The first-order chi connectivity index (χ1) is 5.96. The molecule has 0 radical (unpaired) electrons. The Morgan fingerprint density at radius 3 is 2.46 bits per heavy atom. The van der Waals surface area contributed by atoms with Crippen molar-refractivity contribution < 1.29 is 18.4 Å². The van der Waals surface area contributed by atoms with Crippen molar-refractivity contribution in [2.45, 2.75) is 12.8 Å². The van der Waals surface area contributed by atoms with Gasteiger partial charge in [-0.1, -0.05) is 0 Å². The van der Waals surface area contributed by atoms with Crippen molar-refractivity contribution in [3.8, 4) is 0 Å². The summed E-state index contributed by atoms with van der Waals surface area (Å²) in [5, 5.41) is 1.31. The second kappa shape index (κ2) is 2.23. The molecule has 0 amide bonds. The number of hydrogen-bond donors (Lipinski definition) is 0. The van der Waals surface area contributed by atoms with Crippen molar-refractivity contribution in [1.82, 2.24) is 0 Å². The summed E-state index contributed by atoms with van der Waals surface area (Å²) < 4.78 is 25.7. The molecular weight excluding hydrogens is 198 g/mol. The van der Waals surface area contributed by atoms with E-state index in [2.05, 4.69) is 0 Å². The van der Waals surface area contributed by atoms with Crippen LogP contribution in [0.2, 0.25) is 0 Å². The average molecular weight is 202 g/mol. The van der Waals surface area contributed by atoms with Gasteiger partial charge in [0, 0.05) is 21.4 Å². The van der Waals surface area contributed by atoms with Crippen LogP contribution in [-0.2, 0) is 0 Å². The highest BCUT2D eigenvalue weighted by molar-refractivity contribution is 7.10. The van der Waals surface area contributed by atoms with Gasteiger partial charge in [-0.2, -0.15) is 8.78 Å². The molecule has 1 aromatic heterocycles. The van der Waals surface area contributed by atoms with Crippen molar-refractivity contribution in [2.24, 2.45) is 0 Å². The number of hydrogen-bond acceptors (Lipinski definition) is 3. The van der Waals surface area contributed by atoms with Gasteiger partial charge in [0.2, 0.25) is 11.6 Å². The van der Waals surface area contributed by atoms with Crippen LogP contribution in [0.25, 0.3) is 0 Å². The fraction of sp³-hybridized carbons (Fsp3) is 0.250. The summed E-state index contributed by atoms with van der Waals surface area (Å²) in [5.41, 5.74) is -0.225. The molecule has 0 saturated carbocycles. The van der Waals surface area contributed by atoms with E-state index in [0.29, 0.717) is 4.88 Å². The maximum Gasteiger partial charge on any atom is 0.371 e. The van der Waals surface area contributed by atoms with E-state index in [0.717, 1.165) is 11.3 Å². The minimum atomic E-state index is -3.83. The topological polar surface area (TPSA) is 34.1 Å². The molecule has 5 heteroatoms. The monoisotopic (exact) mass is 202 g/mol. The van der Waals surface area contributed by atoms with Crippen LogP contribution in [0.5, 0.6) is 0 Å². The van der Waals surface area contributed by atoms with Crippen LogP contribution in [-0.4, -0.2) is 17.5 Å². The number of alkyl halides is 2. The van der Waals surface area contributed by atoms with Crippen molar-refractivity contribution in [3.05, 3.63) is 21.4 Å². The lowest BCUT2D eigenvalue weighted by atomic mass is 10.2. The Bertz CT molecular complexity index is 420. The lowest BCUT2D eigenvalue weighted by Gasteiger charge is -2.02. The van der Waals surface area contributed by atoms with E-state index in [-0.39, 0.29) is 11.1 Å². The molecule has 0 unspecified atom stereocenters. The van der Waals surface area contributed by atoms with Gasteiger partial charge in [-0.05, 0) is 6.92 Å². The lowest BCUT2D eigenvalue weighted by Crippen LogP contribution is -2.30. The summed E-state index contributed by atoms with van der Waals surface area (Å²) in [5.74, 6) is -6.55. The van der Waals surface area contributed by atoms with E-state index in [1.54, 1.807) is 6.92 Å². The molecule has 2 rings (SSSR count). The van der Waals surface area contributed by atoms with Crippen LogP contribution in [0.3, 0.4) is 0 Å². The third-order valence-corrected chi connectivity index (χ3v) is 2.93. The molecule has 1 aliphatic rings.